The first-order valence-corrected chi connectivity index (χ1v) is 7.46. The Morgan fingerprint density at radius 2 is 2.21 bits per heavy atom. The van der Waals surface area contributed by atoms with Crippen LogP contribution in [-0.2, 0) is 0 Å². The summed E-state index contributed by atoms with van der Waals surface area (Å²) < 4.78 is 5.24. The highest BCUT2D eigenvalue weighted by Crippen LogP contribution is 2.29. The number of fused-ring (bicyclic) bond motifs is 3. The van der Waals surface area contributed by atoms with Gasteiger partial charge in [0, 0.05) is 29.5 Å². The van der Waals surface area contributed by atoms with Crippen LogP contribution in [-0.4, -0.2) is 29.1 Å². The molecule has 6 heteroatoms. The summed E-state index contributed by atoms with van der Waals surface area (Å²) in [6.45, 7) is 0. The second-order valence-electron chi connectivity index (χ2n) is 5.29. The monoisotopic (exact) mass is 318 g/mol. The van der Waals surface area contributed by atoms with E-state index in [0.717, 1.165) is 27.5 Å². The summed E-state index contributed by atoms with van der Waals surface area (Å²) in [7, 11) is 1.59. The minimum Gasteiger partial charge on any atom is -0.463 e. The van der Waals surface area contributed by atoms with E-state index in [1.165, 1.54) is 0 Å². The molecule has 4 aromatic rings. The fourth-order valence-electron chi connectivity index (χ4n) is 2.69. The molecule has 3 heterocycles. The number of rotatable bonds is 3. The molecule has 1 amide bonds. The zero-order valence-corrected chi connectivity index (χ0v) is 12.9. The maximum absolute atomic E-state index is 12.0. The maximum atomic E-state index is 12.0. The van der Waals surface area contributed by atoms with Gasteiger partial charge in [0.15, 0.2) is 5.69 Å². The second kappa shape index (κ2) is 5.66. The van der Waals surface area contributed by atoms with Gasteiger partial charge in [-0.2, -0.15) is 0 Å². The van der Waals surface area contributed by atoms with Crippen molar-refractivity contribution in [2.75, 3.05) is 7.05 Å². The van der Waals surface area contributed by atoms with Crippen LogP contribution in [0.2, 0.25) is 0 Å². The molecule has 0 unspecified atom stereocenters. The molecular formula is C18H14N4O2. The van der Waals surface area contributed by atoms with Crippen molar-refractivity contribution in [1.82, 2.24) is 15.3 Å². The van der Waals surface area contributed by atoms with Crippen LogP contribution in [0.5, 0.6) is 0 Å². The van der Waals surface area contributed by atoms with Crippen molar-refractivity contribution in [2.24, 2.45) is 4.99 Å². The van der Waals surface area contributed by atoms with Crippen LogP contribution in [0.15, 0.2) is 58.3 Å². The molecular weight excluding hydrogens is 304 g/mol. The Balaban J connectivity index is 1.84. The number of hydrogen-bond acceptors (Lipinski definition) is 4. The smallest absolute Gasteiger partial charge is 0.271 e. The van der Waals surface area contributed by atoms with Gasteiger partial charge in [-0.25, -0.2) is 4.98 Å². The van der Waals surface area contributed by atoms with Gasteiger partial charge in [-0.05, 0) is 36.4 Å². The van der Waals surface area contributed by atoms with Crippen LogP contribution in [0, 0.1) is 0 Å². The van der Waals surface area contributed by atoms with Crippen LogP contribution in [0.25, 0.3) is 21.8 Å². The highest BCUT2D eigenvalue weighted by Gasteiger charge is 2.14. The van der Waals surface area contributed by atoms with Gasteiger partial charge in [0.2, 0.25) is 0 Å². The number of benzene rings is 1. The standard InChI is InChI=1S/C18H14N4O2/c1-19-18(23)17-16-13(6-7-20-17)14-9-11(4-5-15(14)22-16)21-10-12-3-2-8-24-12/h2-10,22H,1H3,(H,19,23). The number of hydrogen-bond donors (Lipinski definition) is 2. The van der Waals surface area contributed by atoms with Crippen LogP contribution >= 0.6 is 0 Å². The lowest BCUT2D eigenvalue weighted by Gasteiger charge is -1.99. The number of aromatic nitrogens is 2. The Morgan fingerprint density at radius 1 is 1.29 bits per heavy atom. The maximum Gasteiger partial charge on any atom is 0.271 e. The highest BCUT2D eigenvalue weighted by molar-refractivity contribution is 6.14. The quantitative estimate of drug-likeness (QED) is 0.568. The van der Waals surface area contributed by atoms with E-state index in [-0.39, 0.29) is 5.91 Å². The number of amides is 1. The average molecular weight is 318 g/mol. The van der Waals surface area contributed by atoms with E-state index in [2.05, 4.69) is 20.3 Å². The molecule has 2 N–H and O–H groups in total. The number of nitrogens with zero attached hydrogens (tertiary/aromatic N) is 2. The summed E-state index contributed by atoms with van der Waals surface area (Å²) in [5.41, 5.74) is 2.84. The van der Waals surface area contributed by atoms with E-state index in [0.29, 0.717) is 11.5 Å². The molecule has 0 saturated heterocycles. The number of furan rings is 1. The van der Waals surface area contributed by atoms with Gasteiger partial charge >= 0.3 is 0 Å². The molecule has 0 aliphatic rings. The van der Waals surface area contributed by atoms with Gasteiger partial charge in [-0.1, -0.05) is 0 Å². The van der Waals surface area contributed by atoms with Crippen molar-refractivity contribution in [3.05, 3.63) is 60.3 Å². The van der Waals surface area contributed by atoms with Gasteiger partial charge in [0.05, 0.1) is 23.7 Å². The Bertz CT molecular complexity index is 1060. The minimum absolute atomic E-state index is 0.219. The molecule has 4 rings (SSSR count). The van der Waals surface area contributed by atoms with Crippen molar-refractivity contribution >= 4 is 39.6 Å². The first kappa shape index (κ1) is 14.2. The molecule has 0 radical (unpaired) electrons. The number of aliphatic imine (C=N–C) groups is 1. The third-order valence-electron chi connectivity index (χ3n) is 3.83. The molecule has 6 nitrogen and oxygen atoms in total. The molecule has 24 heavy (non-hydrogen) atoms. The van der Waals surface area contributed by atoms with Gasteiger partial charge < -0.3 is 14.7 Å². The van der Waals surface area contributed by atoms with E-state index >= 15 is 0 Å². The predicted octanol–water partition coefficient (Wildman–Crippen LogP) is 3.42. The second-order valence-corrected chi connectivity index (χ2v) is 5.29. The molecule has 1 aromatic carbocycles. The predicted molar refractivity (Wildman–Crippen MR) is 93.0 cm³/mol. The molecule has 0 aliphatic heterocycles. The van der Waals surface area contributed by atoms with Crippen LogP contribution in [0.1, 0.15) is 16.2 Å². The molecule has 3 aromatic heterocycles. The van der Waals surface area contributed by atoms with Gasteiger partial charge in [-0.15, -0.1) is 0 Å². The van der Waals surface area contributed by atoms with Gasteiger partial charge in [0.1, 0.15) is 5.76 Å². The summed E-state index contributed by atoms with van der Waals surface area (Å²) >= 11 is 0. The zero-order valence-electron chi connectivity index (χ0n) is 12.9. The molecule has 0 bridgehead atoms. The number of carbonyl (C=O) groups is 1. The number of pyridine rings is 1. The fraction of sp³-hybridized carbons (Fsp3) is 0.0556. The zero-order chi connectivity index (χ0) is 16.5. The van der Waals surface area contributed by atoms with Crippen molar-refractivity contribution in [3.8, 4) is 0 Å². The van der Waals surface area contributed by atoms with Crippen LogP contribution in [0.3, 0.4) is 0 Å². The van der Waals surface area contributed by atoms with E-state index in [1.807, 2.05) is 36.4 Å². The summed E-state index contributed by atoms with van der Waals surface area (Å²) in [5.74, 6) is 0.475. The number of aromatic amines is 1. The van der Waals surface area contributed by atoms with Gasteiger partial charge in [-0.3, -0.25) is 9.79 Å². The Morgan fingerprint density at radius 3 is 3.00 bits per heavy atom. The van der Waals surface area contributed by atoms with E-state index in [4.69, 9.17) is 4.42 Å². The van der Waals surface area contributed by atoms with Crippen molar-refractivity contribution in [3.63, 3.8) is 0 Å². The third kappa shape index (κ3) is 2.34. The minimum atomic E-state index is -0.219. The molecule has 118 valence electrons. The largest absolute Gasteiger partial charge is 0.463 e. The summed E-state index contributed by atoms with van der Waals surface area (Å²) in [6, 6.07) is 11.4. The van der Waals surface area contributed by atoms with Crippen molar-refractivity contribution in [2.45, 2.75) is 0 Å². The summed E-state index contributed by atoms with van der Waals surface area (Å²) in [5, 5.41) is 4.54. The normalized spacial score (nSPS) is 11.5. The Kier molecular flexibility index (Phi) is 3.35. The van der Waals surface area contributed by atoms with E-state index < -0.39 is 0 Å². The van der Waals surface area contributed by atoms with Crippen molar-refractivity contribution in [1.29, 1.82) is 0 Å². The Hall–Kier alpha value is -3.41. The van der Waals surface area contributed by atoms with E-state index in [9.17, 15) is 4.79 Å². The van der Waals surface area contributed by atoms with E-state index in [1.54, 1.807) is 25.7 Å². The lowest BCUT2D eigenvalue weighted by Crippen LogP contribution is -2.19. The van der Waals surface area contributed by atoms with Crippen LogP contribution in [0.4, 0.5) is 5.69 Å². The first-order chi connectivity index (χ1) is 11.8. The highest BCUT2D eigenvalue weighted by atomic mass is 16.3. The lowest BCUT2D eigenvalue weighted by molar-refractivity contribution is 0.0960. The topological polar surface area (TPSA) is 83.3 Å². The average Bonchev–Trinajstić information content (AvgIpc) is 3.26. The molecule has 0 fully saturated rings. The molecule has 0 spiro atoms. The molecule has 0 saturated carbocycles. The number of carbonyl (C=O) groups excluding carboxylic acids is 1. The third-order valence-corrected chi connectivity index (χ3v) is 3.83. The van der Waals surface area contributed by atoms with Crippen molar-refractivity contribution < 1.29 is 9.21 Å². The number of nitrogens with one attached hydrogen (secondary N) is 2. The summed E-state index contributed by atoms with van der Waals surface area (Å²) in [6.07, 6.45) is 4.92. The molecule has 0 atom stereocenters. The Labute approximate surface area is 137 Å². The van der Waals surface area contributed by atoms with Crippen LogP contribution < -0.4 is 5.32 Å². The molecule has 0 aliphatic carbocycles. The first-order valence-electron chi connectivity index (χ1n) is 7.46. The number of H-pyrrole nitrogens is 1. The SMILES string of the molecule is CNC(=O)c1nccc2c1[nH]c1ccc(N=Cc3ccco3)cc12. The lowest BCUT2D eigenvalue weighted by atomic mass is 10.1. The summed E-state index contributed by atoms with van der Waals surface area (Å²) in [4.78, 5) is 23.9. The fourth-order valence-corrected chi connectivity index (χ4v) is 2.69. The van der Waals surface area contributed by atoms with Gasteiger partial charge in [0.25, 0.3) is 5.91 Å².